The van der Waals surface area contributed by atoms with E-state index < -0.39 is 0 Å². The van der Waals surface area contributed by atoms with Crippen molar-refractivity contribution in [1.82, 2.24) is 9.78 Å². The van der Waals surface area contributed by atoms with Crippen LogP contribution in [0.25, 0.3) is 5.69 Å². The number of hydrogen-bond donors (Lipinski definition) is 0. The highest BCUT2D eigenvalue weighted by atomic mass is 79.9. The molecule has 0 aliphatic rings. The van der Waals surface area contributed by atoms with E-state index in [1.54, 1.807) is 4.68 Å². The zero-order chi connectivity index (χ0) is 14.0. The third-order valence-electron chi connectivity index (χ3n) is 2.98. The monoisotopic (exact) mass is 317 g/mol. The standard InChI is InChI=1S/C15H16BrN3/c1-15(2,3)11-4-6-12(7-5-11)19-10-13(16)14(18-19)8-9-17/h4-7,10H,8H2,1-3H3. The summed E-state index contributed by atoms with van der Waals surface area (Å²) in [5.74, 6) is 0. The fourth-order valence-corrected chi connectivity index (χ4v) is 2.24. The molecule has 0 fully saturated rings. The first-order valence-electron chi connectivity index (χ1n) is 6.14. The fraction of sp³-hybridized carbons (Fsp3) is 0.333. The molecular formula is C15H16BrN3. The number of benzene rings is 1. The topological polar surface area (TPSA) is 41.6 Å². The molecule has 1 aromatic carbocycles. The zero-order valence-corrected chi connectivity index (χ0v) is 12.9. The molecule has 0 radical (unpaired) electrons. The fourth-order valence-electron chi connectivity index (χ4n) is 1.83. The summed E-state index contributed by atoms with van der Waals surface area (Å²) in [6, 6.07) is 10.5. The third kappa shape index (κ3) is 3.05. The van der Waals surface area contributed by atoms with Gasteiger partial charge in [0.15, 0.2) is 0 Å². The van der Waals surface area contributed by atoms with Gasteiger partial charge in [0.1, 0.15) is 0 Å². The zero-order valence-electron chi connectivity index (χ0n) is 11.3. The Bertz CT molecular complexity index is 612. The van der Waals surface area contributed by atoms with Crippen LogP contribution in [0.15, 0.2) is 34.9 Å². The highest BCUT2D eigenvalue weighted by Gasteiger charge is 2.13. The molecule has 3 nitrogen and oxygen atoms in total. The van der Waals surface area contributed by atoms with Gasteiger partial charge in [0.05, 0.1) is 28.3 Å². The number of hydrogen-bond acceptors (Lipinski definition) is 2. The van der Waals surface area contributed by atoms with Crippen LogP contribution in [0.3, 0.4) is 0 Å². The van der Waals surface area contributed by atoms with E-state index in [4.69, 9.17) is 5.26 Å². The highest BCUT2D eigenvalue weighted by molar-refractivity contribution is 9.10. The number of nitrogens with zero attached hydrogens (tertiary/aromatic N) is 3. The lowest BCUT2D eigenvalue weighted by Crippen LogP contribution is -2.10. The van der Waals surface area contributed by atoms with Crippen LogP contribution in [0.4, 0.5) is 0 Å². The SMILES string of the molecule is CC(C)(C)c1ccc(-n2cc(Br)c(CC#N)n2)cc1. The van der Waals surface area contributed by atoms with Crippen LogP contribution < -0.4 is 0 Å². The first kappa shape index (κ1) is 13.8. The van der Waals surface area contributed by atoms with Gasteiger partial charge in [-0.2, -0.15) is 10.4 Å². The van der Waals surface area contributed by atoms with Crippen LogP contribution in [0.5, 0.6) is 0 Å². The smallest absolute Gasteiger partial charge is 0.0911 e. The maximum atomic E-state index is 8.73. The molecule has 0 amide bonds. The molecular weight excluding hydrogens is 302 g/mol. The highest BCUT2D eigenvalue weighted by Crippen LogP contribution is 2.24. The van der Waals surface area contributed by atoms with Gasteiger partial charge in [-0.25, -0.2) is 4.68 Å². The molecule has 1 heterocycles. The van der Waals surface area contributed by atoms with E-state index in [0.717, 1.165) is 15.9 Å². The Kier molecular flexibility index (Phi) is 3.77. The van der Waals surface area contributed by atoms with Gasteiger partial charge >= 0.3 is 0 Å². The van der Waals surface area contributed by atoms with Gasteiger partial charge in [0.2, 0.25) is 0 Å². The van der Waals surface area contributed by atoms with Gasteiger partial charge in [-0.3, -0.25) is 0 Å². The van der Waals surface area contributed by atoms with Crippen LogP contribution in [-0.4, -0.2) is 9.78 Å². The summed E-state index contributed by atoms with van der Waals surface area (Å²) < 4.78 is 2.66. The van der Waals surface area contributed by atoms with Crippen LogP contribution in [0, 0.1) is 11.3 Å². The Morgan fingerprint density at radius 3 is 2.42 bits per heavy atom. The minimum atomic E-state index is 0.148. The summed E-state index contributed by atoms with van der Waals surface area (Å²) in [7, 11) is 0. The first-order chi connectivity index (χ1) is 8.91. The Balaban J connectivity index is 2.33. The number of nitriles is 1. The predicted molar refractivity (Wildman–Crippen MR) is 79.3 cm³/mol. The average molecular weight is 318 g/mol. The predicted octanol–water partition coefficient (Wildman–Crippen LogP) is 4.00. The lowest BCUT2D eigenvalue weighted by Gasteiger charge is -2.19. The second-order valence-electron chi connectivity index (χ2n) is 5.50. The molecule has 4 heteroatoms. The molecule has 2 rings (SSSR count). The molecule has 0 aliphatic heterocycles. The molecule has 1 aromatic heterocycles. The van der Waals surface area contributed by atoms with E-state index in [-0.39, 0.29) is 5.41 Å². The maximum Gasteiger partial charge on any atom is 0.0911 e. The Morgan fingerprint density at radius 2 is 1.89 bits per heavy atom. The minimum Gasteiger partial charge on any atom is -0.240 e. The van der Waals surface area contributed by atoms with Crippen molar-refractivity contribution in [3.8, 4) is 11.8 Å². The second kappa shape index (κ2) is 5.18. The summed E-state index contributed by atoms with van der Waals surface area (Å²) in [5.41, 5.74) is 3.20. The van der Waals surface area contributed by atoms with E-state index in [9.17, 15) is 0 Å². The van der Waals surface area contributed by atoms with Crippen molar-refractivity contribution < 1.29 is 0 Å². The summed E-state index contributed by atoms with van der Waals surface area (Å²) in [4.78, 5) is 0. The molecule has 98 valence electrons. The normalized spacial score (nSPS) is 11.3. The van der Waals surface area contributed by atoms with Crippen molar-refractivity contribution in [3.05, 3.63) is 46.2 Å². The summed E-state index contributed by atoms with van der Waals surface area (Å²) >= 11 is 3.43. The molecule has 0 aliphatic carbocycles. The molecule has 0 saturated heterocycles. The van der Waals surface area contributed by atoms with E-state index in [0.29, 0.717) is 6.42 Å². The van der Waals surface area contributed by atoms with Crippen molar-refractivity contribution in [1.29, 1.82) is 5.26 Å². The number of aromatic nitrogens is 2. The van der Waals surface area contributed by atoms with Crippen LogP contribution in [-0.2, 0) is 11.8 Å². The third-order valence-corrected chi connectivity index (χ3v) is 3.65. The van der Waals surface area contributed by atoms with Gasteiger partial charge in [-0.05, 0) is 39.0 Å². The quantitative estimate of drug-likeness (QED) is 0.840. The van der Waals surface area contributed by atoms with Crippen molar-refractivity contribution in [3.63, 3.8) is 0 Å². The lowest BCUT2D eigenvalue weighted by atomic mass is 9.87. The van der Waals surface area contributed by atoms with Crippen molar-refractivity contribution in [2.45, 2.75) is 32.6 Å². The molecule has 0 bridgehead atoms. The van der Waals surface area contributed by atoms with Crippen LogP contribution >= 0.6 is 15.9 Å². The van der Waals surface area contributed by atoms with E-state index in [1.165, 1.54) is 5.56 Å². The summed E-state index contributed by atoms with van der Waals surface area (Å²) in [5, 5.41) is 13.1. The minimum absolute atomic E-state index is 0.148. The van der Waals surface area contributed by atoms with Gasteiger partial charge in [0.25, 0.3) is 0 Å². The van der Waals surface area contributed by atoms with Crippen LogP contribution in [0.2, 0.25) is 0 Å². The Labute approximate surface area is 122 Å². The molecule has 0 N–H and O–H groups in total. The molecule has 0 saturated carbocycles. The number of halogens is 1. The van der Waals surface area contributed by atoms with Gasteiger partial charge in [-0.15, -0.1) is 0 Å². The van der Waals surface area contributed by atoms with Gasteiger partial charge in [-0.1, -0.05) is 32.9 Å². The van der Waals surface area contributed by atoms with E-state index in [1.807, 2.05) is 6.20 Å². The second-order valence-corrected chi connectivity index (χ2v) is 6.35. The lowest BCUT2D eigenvalue weighted by molar-refractivity contribution is 0.590. The molecule has 0 unspecified atom stereocenters. The van der Waals surface area contributed by atoms with Crippen molar-refractivity contribution >= 4 is 15.9 Å². The van der Waals surface area contributed by atoms with Crippen LogP contribution in [0.1, 0.15) is 32.0 Å². The number of rotatable bonds is 2. The van der Waals surface area contributed by atoms with Crippen molar-refractivity contribution in [2.24, 2.45) is 0 Å². The van der Waals surface area contributed by atoms with Crippen molar-refractivity contribution in [2.75, 3.05) is 0 Å². The first-order valence-corrected chi connectivity index (χ1v) is 6.93. The maximum absolute atomic E-state index is 8.73. The molecule has 0 spiro atoms. The summed E-state index contributed by atoms with van der Waals surface area (Å²) in [6.07, 6.45) is 2.20. The molecule has 0 atom stereocenters. The Morgan fingerprint density at radius 1 is 1.26 bits per heavy atom. The van der Waals surface area contributed by atoms with Gasteiger partial charge < -0.3 is 0 Å². The average Bonchev–Trinajstić information content (AvgIpc) is 2.71. The molecule has 19 heavy (non-hydrogen) atoms. The van der Waals surface area contributed by atoms with Gasteiger partial charge in [0, 0.05) is 6.20 Å². The molecule has 2 aromatic rings. The van der Waals surface area contributed by atoms with E-state index in [2.05, 4.69) is 72.1 Å². The van der Waals surface area contributed by atoms with E-state index >= 15 is 0 Å². The Hall–Kier alpha value is -1.60. The largest absolute Gasteiger partial charge is 0.240 e. The summed E-state index contributed by atoms with van der Waals surface area (Å²) in [6.45, 7) is 6.58.